The van der Waals surface area contributed by atoms with E-state index < -0.39 is 6.10 Å². The first-order valence-electron chi connectivity index (χ1n) is 7.73. The molecular weight excluding hydrogens is 266 g/mol. The van der Waals surface area contributed by atoms with E-state index in [4.69, 9.17) is 4.74 Å². The summed E-state index contributed by atoms with van der Waals surface area (Å²) in [6, 6.07) is 5.93. The second kappa shape index (κ2) is 7.46. The number of hydrogen-bond donors (Lipinski definition) is 2. The standard InChI is InChI=1S/C17H25NO3/c1-12-9-13(2)11-14(10-12)21-8-7-17(20)18-15-5-3-4-6-16(15)19/h9-11,15-16,19H,3-8H2,1-2H3,(H,18,20)/t15-,16-/m0/s1. The molecular formula is C17H25NO3. The first kappa shape index (κ1) is 15.8. The van der Waals surface area contributed by atoms with Gasteiger partial charge in [-0.15, -0.1) is 0 Å². The van der Waals surface area contributed by atoms with Crippen molar-refractivity contribution < 1.29 is 14.6 Å². The molecule has 1 aromatic carbocycles. The van der Waals surface area contributed by atoms with Crippen LogP contribution in [0.4, 0.5) is 0 Å². The van der Waals surface area contributed by atoms with E-state index in [-0.39, 0.29) is 11.9 Å². The third-order valence-corrected chi connectivity index (χ3v) is 3.87. The molecule has 0 unspecified atom stereocenters. The molecule has 1 aliphatic carbocycles. The van der Waals surface area contributed by atoms with Crippen LogP contribution in [-0.2, 0) is 4.79 Å². The predicted molar refractivity (Wildman–Crippen MR) is 82.4 cm³/mol. The van der Waals surface area contributed by atoms with Gasteiger partial charge in [-0.2, -0.15) is 0 Å². The Kier molecular flexibility index (Phi) is 5.62. The number of carbonyl (C=O) groups is 1. The van der Waals surface area contributed by atoms with E-state index in [0.717, 1.165) is 42.6 Å². The molecule has 0 heterocycles. The molecule has 0 spiro atoms. The third-order valence-electron chi connectivity index (χ3n) is 3.87. The second-order valence-electron chi connectivity index (χ2n) is 5.95. The number of aliphatic hydroxyl groups excluding tert-OH is 1. The quantitative estimate of drug-likeness (QED) is 0.876. The number of benzene rings is 1. The molecule has 1 saturated carbocycles. The summed E-state index contributed by atoms with van der Waals surface area (Å²) in [5, 5.41) is 12.7. The van der Waals surface area contributed by atoms with Gasteiger partial charge < -0.3 is 15.2 Å². The van der Waals surface area contributed by atoms with Crippen LogP contribution in [-0.4, -0.2) is 29.8 Å². The largest absolute Gasteiger partial charge is 0.493 e. The minimum atomic E-state index is -0.400. The number of ether oxygens (including phenoxy) is 1. The van der Waals surface area contributed by atoms with Crippen LogP contribution in [0.15, 0.2) is 18.2 Å². The summed E-state index contributed by atoms with van der Waals surface area (Å²) in [5.74, 6) is 0.753. The van der Waals surface area contributed by atoms with E-state index in [9.17, 15) is 9.90 Å². The van der Waals surface area contributed by atoms with Gasteiger partial charge in [0.05, 0.1) is 25.2 Å². The smallest absolute Gasteiger partial charge is 0.223 e. The molecule has 1 aliphatic rings. The van der Waals surface area contributed by atoms with Crippen molar-refractivity contribution in [3.05, 3.63) is 29.3 Å². The highest BCUT2D eigenvalue weighted by Gasteiger charge is 2.24. The van der Waals surface area contributed by atoms with Crippen molar-refractivity contribution in [2.45, 2.75) is 58.1 Å². The topological polar surface area (TPSA) is 58.6 Å². The predicted octanol–water partition coefficient (Wildman–Crippen LogP) is 2.49. The van der Waals surface area contributed by atoms with Crippen molar-refractivity contribution in [1.82, 2.24) is 5.32 Å². The Morgan fingerprint density at radius 2 is 1.90 bits per heavy atom. The fraction of sp³-hybridized carbons (Fsp3) is 0.588. The Morgan fingerprint density at radius 1 is 1.24 bits per heavy atom. The van der Waals surface area contributed by atoms with Gasteiger partial charge in [0.25, 0.3) is 0 Å². The monoisotopic (exact) mass is 291 g/mol. The van der Waals surface area contributed by atoms with Crippen LogP contribution in [0.3, 0.4) is 0 Å². The van der Waals surface area contributed by atoms with Gasteiger partial charge in [0.2, 0.25) is 5.91 Å². The normalized spacial score (nSPS) is 21.9. The lowest BCUT2D eigenvalue weighted by molar-refractivity contribution is -0.123. The highest BCUT2D eigenvalue weighted by molar-refractivity contribution is 5.76. The number of aryl methyl sites for hydroxylation is 2. The van der Waals surface area contributed by atoms with Crippen molar-refractivity contribution in [1.29, 1.82) is 0 Å². The molecule has 1 amide bonds. The van der Waals surface area contributed by atoms with Crippen LogP contribution in [0.25, 0.3) is 0 Å². The molecule has 0 radical (unpaired) electrons. The van der Waals surface area contributed by atoms with Gasteiger partial charge in [0.1, 0.15) is 5.75 Å². The fourth-order valence-corrected chi connectivity index (χ4v) is 2.84. The van der Waals surface area contributed by atoms with E-state index in [0.29, 0.717) is 13.0 Å². The Labute approximate surface area is 126 Å². The molecule has 4 nitrogen and oxygen atoms in total. The van der Waals surface area contributed by atoms with Crippen LogP contribution in [0.1, 0.15) is 43.2 Å². The van der Waals surface area contributed by atoms with E-state index in [1.165, 1.54) is 0 Å². The van der Waals surface area contributed by atoms with E-state index in [1.807, 2.05) is 26.0 Å². The highest BCUT2D eigenvalue weighted by Crippen LogP contribution is 2.19. The number of amides is 1. The molecule has 0 aliphatic heterocycles. The van der Waals surface area contributed by atoms with E-state index in [1.54, 1.807) is 0 Å². The number of carbonyl (C=O) groups excluding carboxylic acids is 1. The summed E-state index contributed by atoms with van der Waals surface area (Å²) in [4.78, 5) is 11.9. The molecule has 2 rings (SSSR count). The van der Waals surface area contributed by atoms with Crippen molar-refractivity contribution in [3.63, 3.8) is 0 Å². The van der Waals surface area contributed by atoms with Gasteiger partial charge >= 0.3 is 0 Å². The van der Waals surface area contributed by atoms with Crippen LogP contribution in [0.5, 0.6) is 5.75 Å². The number of nitrogens with one attached hydrogen (secondary N) is 1. The van der Waals surface area contributed by atoms with Crippen molar-refractivity contribution in [2.24, 2.45) is 0 Å². The lowest BCUT2D eigenvalue weighted by Crippen LogP contribution is -2.45. The maximum atomic E-state index is 11.9. The Hall–Kier alpha value is -1.55. The molecule has 1 fully saturated rings. The molecule has 116 valence electrons. The fourth-order valence-electron chi connectivity index (χ4n) is 2.84. The molecule has 1 aromatic rings. The molecule has 0 saturated heterocycles. The summed E-state index contributed by atoms with van der Waals surface area (Å²) in [7, 11) is 0. The average molecular weight is 291 g/mol. The van der Waals surface area contributed by atoms with Gasteiger partial charge in [-0.05, 0) is 49.9 Å². The van der Waals surface area contributed by atoms with Crippen LogP contribution < -0.4 is 10.1 Å². The van der Waals surface area contributed by atoms with Gasteiger partial charge in [-0.3, -0.25) is 4.79 Å². The summed E-state index contributed by atoms with van der Waals surface area (Å²) in [6.45, 7) is 4.41. The summed E-state index contributed by atoms with van der Waals surface area (Å²) in [6.07, 6.45) is 3.68. The first-order valence-corrected chi connectivity index (χ1v) is 7.73. The SMILES string of the molecule is Cc1cc(C)cc(OCCC(=O)N[C@H]2CCCC[C@@H]2O)c1. The van der Waals surface area contributed by atoms with Crippen LogP contribution >= 0.6 is 0 Å². The third kappa shape index (κ3) is 5.05. The summed E-state index contributed by atoms with van der Waals surface area (Å²) < 4.78 is 5.63. The van der Waals surface area contributed by atoms with E-state index >= 15 is 0 Å². The average Bonchev–Trinajstić information content (AvgIpc) is 2.40. The zero-order valence-corrected chi connectivity index (χ0v) is 12.9. The van der Waals surface area contributed by atoms with Gasteiger partial charge in [-0.25, -0.2) is 0 Å². The minimum Gasteiger partial charge on any atom is -0.493 e. The molecule has 21 heavy (non-hydrogen) atoms. The summed E-state index contributed by atoms with van der Waals surface area (Å²) in [5.41, 5.74) is 2.31. The van der Waals surface area contributed by atoms with Crippen molar-refractivity contribution in [2.75, 3.05) is 6.61 Å². The second-order valence-corrected chi connectivity index (χ2v) is 5.95. The Bertz CT molecular complexity index is 467. The van der Waals surface area contributed by atoms with E-state index in [2.05, 4.69) is 11.4 Å². The summed E-state index contributed by atoms with van der Waals surface area (Å²) >= 11 is 0. The molecule has 4 heteroatoms. The van der Waals surface area contributed by atoms with Crippen molar-refractivity contribution in [3.8, 4) is 5.75 Å². The molecule has 2 N–H and O–H groups in total. The van der Waals surface area contributed by atoms with Gasteiger partial charge in [0.15, 0.2) is 0 Å². The molecule has 0 bridgehead atoms. The number of aliphatic hydroxyl groups is 1. The Balaban J connectivity index is 1.73. The first-order chi connectivity index (χ1) is 10.0. The molecule has 0 aromatic heterocycles. The maximum absolute atomic E-state index is 11.9. The van der Waals surface area contributed by atoms with Crippen LogP contribution in [0, 0.1) is 13.8 Å². The lowest BCUT2D eigenvalue weighted by atomic mass is 9.92. The van der Waals surface area contributed by atoms with Gasteiger partial charge in [-0.1, -0.05) is 18.9 Å². The zero-order chi connectivity index (χ0) is 15.2. The van der Waals surface area contributed by atoms with Crippen LogP contribution in [0.2, 0.25) is 0 Å². The number of rotatable bonds is 5. The van der Waals surface area contributed by atoms with Gasteiger partial charge in [0, 0.05) is 0 Å². The van der Waals surface area contributed by atoms with Crippen molar-refractivity contribution >= 4 is 5.91 Å². The maximum Gasteiger partial charge on any atom is 0.223 e. The molecule has 2 atom stereocenters. The Morgan fingerprint density at radius 3 is 2.57 bits per heavy atom. The zero-order valence-electron chi connectivity index (χ0n) is 12.9. The minimum absolute atomic E-state index is 0.0506. The highest BCUT2D eigenvalue weighted by atomic mass is 16.5. The number of hydrogen-bond acceptors (Lipinski definition) is 3. The lowest BCUT2D eigenvalue weighted by Gasteiger charge is -2.28.